The van der Waals surface area contributed by atoms with Crippen molar-refractivity contribution < 1.29 is 13.2 Å². The second kappa shape index (κ2) is 7.15. The van der Waals surface area contributed by atoms with Crippen molar-refractivity contribution in [3.63, 3.8) is 0 Å². The van der Waals surface area contributed by atoms with Gasteiger partial charge in [0.15, 0.2) is 15.5 Å². The van der Waals surface area contributed by atoms with E-state index in [0.29, 0.717) is 34.6 Å². The molecule has 8 heteroatoms. The summed E-state index contributed by atoms with van der Waals surface area (Å²) in [7, 11) is -3.06. The second-order valence-corrected chi connectivity index (χ2v) is 11.1. The lowest BCUT2D eigenvalue weighted by Gasteiger charge is -2.13. The fraction of sp³-hybridized carbons (Fsp3) is 0.435. The Morgan fingerprint density at radius 1 is 1.16 bits per heavy atom. The molecule has 3 aromatic rings. The molecule has 162 valence electrons. The first-order chi connectivity index (χ1) is 14.7. The van der Waals surface area contributed by atoms with Crippen molar-refractivity contribution in [3.8, 4) is 0 Å². The topological polar surface area (TPSA) is 93.9 Å². The highest BCUT2D eigenvalue weighted by Gasteiger charge is 2.34. The van der Waals surface area contributed by atoms with Gasteiger partial charge in [-0.15, -0.1) is 0 Å². The standard InChI is InChI=1S/C23H26N4O3S/c1-13-5-4-6-19(14(13)2)25-23(28)18-11-20(16-7-8-16)24-22-21(18)15(3)26-27(22)17-9-10-31(29,30)12-17/h4-6,11,16-17H,7-10,12H2,1-3H3,(H,25,28)/t17-/m0/s1. The van der Waals surface area contributed by atoms with Crippen molar-refractivity contribution in [2.75, 3.05) is 16.8 Å². The molecule has 2 aromatic heterocycles. The van der Waals surface area contributed by atoms with Crippen LogP contribution < -0.4 is 5.32 Å². The second-order valence-electron chi connectivity index (χ2n) is 8.86. The van der Waals surface area contributed by atoms with Crippen molar-refractivity contribution >= 4 is 32.5 Å². The van der Waals surface area contributed by atoms with Gasteiger partial charge >= 0.3 is 0 Å². The number of carbonyl (C=O) groups excluding carboxylic acids is 1. The van der Waals surface area contributed by atoms with E-state index >= 15 is 0 Å². The van der Waals surface area contributed by atoms with Crippen LogP contribution in [0.5, 0.6) is 0 Å². The number of benzene rings is 1. The molecule has 1 saturated carbocycles. The number of anilines is 1. The van der Waals surface area contributed by atoms with Crippen LogP contribution in [-0.2, 0) is 9.84 Å². The Morgan fingerprint density at radius 3 is 2.61 bits per heavy atom. The zero-order valence-electron chi connectivity index (χ0n) is 18.0. The fourth-order valence-electron chi connectivity index (χ4n) is 4.40. The van der Waals surface area contributed by atoms with Crippen molar-refractivity contribution in [3.05, 3.63) is 52.3 Å². The van der Waals surface area contributed by atoms with Gasteiger partial charge in [0.1, 0.15) is 0 Å². The van der Waals surface area contributed by atoms with Crippen LogP contribution >= 0.6 is 0 Å². The van der Waals surface area contributed by atoms with Crippen LogP contribution in [-0.4, -0.2) is 40.6 Å². The molecule has 1 N–H and O–H groups in total. The monoisotopic (exact) mass is 438 g/mol. The third-order valence-corrected chi connectivity index (χ3v) is 8.25. The highest BCUT2D eigenvalue weighted by Crippen LogP contribution is 2.41. The van der Waals surface area contributed by atoms with Gasteiger partial charge in [0, 0.05) is 17.3 Å². The number of nitrogens with zero attached hydrogens (tertiary/aromatic N) is 3. The third kappa shape index (κ3) is 3.63. The molecule has 0 radical (unpaired) electrons. The molecular formula is C23H26N4O3S. The largest absolute Gasteiger partial charge is 0.322 e. The lowest BCUT2D eigenvalue weighted by molar-refractivity contribution is 0.102. The minimum Gasteiger partial charge on any atom is -0.322 e. The van der Waals surface area contributed by atoms with E-state index < -0.39 is 9.84 Å². The average Bonchev–Trinajstić information content (AvgIpc) is 3.44. The summed E-state index contributed by atoms with van der Waals surface area (Å²) in [6, 6.07) is 7.51. The Morgan fingerprint density at radius 2 is 1.94 bits per heavy atom. The zero-order chi connectivity index (χ0) is 21.9. The molecule has 1 saturated heterocycles. The summed E-state index contributed by atoms with van der Waals surface area (Å²) in [5.41, 5.74) is 5.69. The van der Waals surface area contributed by atoms with Crippen LogP contribution in [0.15, 0.2) is 24.3 Å². The van der Waals surface area contributed by atoms with Crippen molar-refractivity contribution in [1.29, 1.82) is 0 Å². The number of rotatable bonds is 4. The van der Waals surface area contributed by atoms with E-state index in [9.17, 15) is 13.2 Å². The molecule has 1 aromatic carbocycles. The Bertz CT molecular complexity index is 1320. The van der Waals surface area contributed by atoms with E-state index in [1.54, 1.807) is 4.68 Å². The minimum absolute atomic E-state index is 0.0720. The van der Waals surface area contributed by atoms with E-state index in [2.05, 4.69) is 10.4 Å². The van der Waals surface area contributed by atoms with E-state index in [0.717, 1.165) is 35.3 Å². The van der Waals surface area contributed by atoms with Gasteiger partial charge in [-0.2, -0.15) is 5.10 Å². The smallest absolute Gasteiger partial charge is 0.256 e. The van der Waals surface area contributed by atoms with Gasteiger partial charge in [-0.05, 0) is 63.3 Å². The zero-order valence-corrected chi connectivity index (χ0v) is 18.8. The molecule has 2 aliphatic rings. The number of nitrogens with one attached hydrogen (secondary N) is 1. The molecule has 2 fully saturated rings. The Balaban J connectivity index is 1.62. The van der Waals surface area contributed by atoms with E-state index in [1.165, 1.54) is 0 Å². The maximum Gasteiger partial charge on any atom is 0.256 e. The maximum atomic E-state index is 13.4. The summed E-state index contributed by atoms with van der Waals surface area (Å²) in [4.78, 5) is 18.3. The molecule has 0 unspecified atom stereocenters. The van der Waals surface area contributed by atoms with Gasteiger partial charge in [0.05, 0.1) is 34.2 Å². The molecule has 1 atom stereocenters. The first-order valence-corrected chi connectivity index (χ1v) is 12.5. The first-order valence-electron chi connectivity index (χ1n) is 10.7. The number of amides is 1. The van der Waals surface area contributed by atoms with E-state index in [-0.39, 0.29) is 23.5 Å². The number of aryl methyl sites for hydroxylation is 2. The Labute approximate surface area is 181 Å². The molecule has 3 heterocycles. The predicted octanol–water partition coefficient (Wildman–Crippen LogP) is 3.85. The predicted molar refractivity (Wildman–Crippen MR) is 120 cm³/mol. The molecule has 0 bridgehead atoms. The summed E-state index contributed by atoms with van der Waals surface area (Å²) in [6.07, 6.45) is 2.64. The lowest BCUT2D eigenvalue weighted by Crippen LogP contribution is -2.16. The van der Waals surface area contributed by atoms with E-state index in [4.69, 9.17) is 4.98 Å². The molecule has 31 heavy (non-hydrogen) atoms. The average molecular weight is 439 g/mol. The number of sulfone groups is 1. The van der Waals surface area contributed by atoms with Crippen LogP contribution in [0.3, 0.4) is 0 Å². The quantitative estimate of drug-likeness (QED) is 0.668. The molecule has 1 aliphatic heterocycles. The van der Waals surface area contributed by atoms with Crippen LogP contribution in [0.2, 0.25) is 0 Å². The van der Waals surface area contributed by atoms with Gasteiger partial charge in [-0.3, -0.25) is 4.79 Å². The number of pyridine rings is 1. The van der Waals surface area contributed by atoms with Crippen LogP contribution in [0, 0.1) is 20.8 Å². The molecule has 1 amide bonds. The summed E-state index contributed by atoms with van der Waals surface area (Å²) in [5.74, 6) is 0.403. The normalized spacial score (nSPS) is 20.3. The van der Waals surface area contributed by atoms with Crippen LogP contribution in [0.4, 0.5) is 5.69 Å². The molecule has 5 rings (SSSR count). The molecular weight excluding hydrogens is 412 g/mol. The van der Waals surface area contributed by atoms with Gasteiger partial charge < -0.3 is 5.32 Å². The van der Waals surface area contributed by atoms with Crippen molar-refractivity contribution in [1.82, 2.24) is 14.8 Å². The summed E-state index contributed by atoms with van der Waals surface area (Å²) in [6.45, 7) is 5.87. The van der Waals surface area contributed by atoms with Crippen molar-refractivity contribution in [2.24, 2.45) is 0 Å². The first kappa shape index (κ1) is 20.2. The number of aromatic nitrogens is 3. The van der Waals surface area contributed by atoms with Crippen molar-refractivity contribution in [2.45, 2.75) is 52.0 Å². The molecule has 7 nitrogen and oxygen atoms in total. The summed E-state index contributed by atoms with van der Waals surface area (Å²) < 4.78 is 25.9. The van der Waals surface area contributed by atoms with Crippen LogP contribution in [0.25, 0.3) is 11.0 Å². The highest BCUT2D eigenvalue weighted by molar-refractivity contribution is 7.91. The SMILES string of the molecule is Cc1cccc(NC(=O)c2cc(C3CC3)nc3c2c(C)nn3[C@H]2CCS(=O)(=O)C2)c1C. The van der Waals surface area contributed by atoms with Gasteiger partial charge in [-0.1, -0.05) is 12.1 Å². The number of carbonyl (C=O) groups is 1. The van der Waals surface area contributed by atoms with E-state index in [1.807, 2.05) is 45.0 Å². The number of hydrogen-bond donors (Lipinski definition) is 1. The summed E-state index contributed by atoms with van der Waals surface area (Å²) in [5, 5.41) is 8.42. The number of hydrogen-bond acceptors (Lipinski definition) is 5. The summed E-state index contributed by atoms with van der Waals surface area (Å²) >= 11 is 0. The maximum absolute atomic E-state index is 13.4. The Kier molecular flexibility index (Phi) is 4.66. The minimum atomic E-state index is -3.06. The Hall–Kier alpha value is -2.74. The third-order valence-electron chi connectivity index (χ3n) is 6.50. The van der Waals surface area contributed by atoms with Crippen LogP contribution in [0.1, 0.15) is 64.1 Å². The fourth-order valence-corrected chi connectivity index (χ4v) is 6.09. The van der Waals surface area contributed by atoms with Gasteiger partial charge in [0.2, 0.25) is 0 Å². The van der Waals surface area contributed by atoms with Gasteiger partial charge in [0.25, 0.3) is 5.91 Å². The number of fused-ring (bicyclic) bond motifs is 1. The molecule has 0 spiro atoms. The molecule has 1 aliphatic carbocycles. The van der Waals surface area contributed by atoms with Gasteiger partial charge in [-0.25, -0.2) is 18.1 Å². The lowest BCUT2D eigenvalue weighted by atomic mass is 10.1. The highest BCUT2D eigenvalue weighted by atomic mass is 32.2.